The van der Waals surface area contributed by atoms with E-state index < -0.39 is 0 Å². The van der Waals surface area contributed by atoms with Crippen LogP contribution >= 0.6 is 0 Å². The van der Waals surface area contributed by atoms with E-state index in [9.17, 15) is 0 Å². The molecule has 17 heavy (non-hydrogen) atoms. The minimum atomic E-state index is 0.635. The number of ether oxygens (including phenoxy) is 1. The summed E-state index contributed by atoms with van der Waals surface area (Å²) in [6, 6.07) is 1.91. The Labute approximate surface area is 102 Å². The van der Waals surface area contributed by atoms with E-state index in [4.69, 9.17) is 4.74 Å². The topological polar surface area (TPSA) is 63.5 Å². The Morgan fingerprint density at radius 2 is 2.35 bits per heavy atom. The lowest BCUT2D eigenvalue weighted by molar-refractivity contribution is 0.208. The second kappa shape index (κ2) is 8.58. The number of nitrogens with zero attached hydrogens (tertiary/aromatic N) is 3. The van der Waals surface area contributed by atoms with Crippen LogP contribution in [0.4, 0.5) is 0 Å². The average Bonchev–Trinajstić information content (AvgIpc) is 2.82. The van der Waals surface area contributed by atoms with Gasteiger partial charge in [0, 0.05) is 32.6 Å². The summed E-state index contributed by atoms with van der Waals surface area (Å²) in [5, 5.41) is 10.5. The molecule has 0 amide bonds. The molecule has 0 fully saturated rings. The SMILES string of the molecule is CCNC(=NCCOC)NCCn1cccn1. The molecule has 1 rings (SSSR count). The molecule has 0 aliphatic heterocycles. The zero-order valence-corrected chi connectivity index (χ0v) is 10.5. The monoisotopic (exact) mass is 239 g/mol. The minimum Gasteiger partial charge on any atom is -0.383 e. The van der Waals surface area contributed by atoms with Crippen LogP contribution in [0.3, 0.4) is 0 Å². The number of aliphatic imine (C=N–C) groups is 1. The van der Waals surface area contributed by atoms with Crippen LogP contribution < -0.4 is 10.6 Å². The molecule has 1 heterocycles. The van der Waals surface area contributed by atoms with E-state index in [1.165, 1.54) is 0 Å². The van der Waals surface area contributed by atoms with E-state index in [2.05, 4.69) is 20.7 Å². The molecule has 0 aliphatic carbocycles. The largest absolute Gasteiger partial charge is 0.383 e. The Bertz CT molecular complexity index is 310. The molecule has 96 valence electrons. The molecule has 0 saturated heterocycles. The van der Waals surface area contributed by atoms with Crippen LogP contribution in [0, 0.1) is 0 Å². The van der Waals surface area contributed by atoms with Gasteiger partial charge >= 0.3 is 0 Å². The number of hydrogen-bond acceptors (Lipinski definition) is 3. The summed E-state index contributed by atoms with van der Waals surface area (Å²) in [5.41, 5.74) is 0. The first kappa shape index (κ1) is 13.5. The molecule has 0 unspecified atom stereocenters. The van der Waals surface area contributed by atoms with Crippen LogP contribution in [-0.2, 0) is 11.3 Å². The highest BCUT2D eigenvalue weighted by Gasteiger charge is 1.96. The molecule has 0 saturated carbocycles. The second-order valence-electron chi connectivity index (χ2n) is 3.45. The maximum absolute atomic E-state index is 4.96. The van der Waals surface area contributed by atoms with Crippen molar-refractivity contribution in [1.29, 1.82) is 0 Å². The summed E-state index contributed by atoms with van der Waals surface area (Å²) >= 11 is 0. The van der Waals surface area contributed by atoms with Gasteiger partial charge < -0.3 is 15.4 Å². The number of nitrogens with one attached hydrogen (secondary N) is 2. The summed E-state index contributed by atoms with van der Waals surface area (Å²) in [5.74, 6) is 0.816. The van der Waals surface area contributed by atoms with Gasteiger partial charge in [-0.15, -0.1) is 0 Å². The minimum absolute atomic E-state index is 0.635. The molecule has 6 heteroatoms. The predicted octanol–water partition coefficient (Wildman–Crippen LogP) is 0.0846. The lowest BCUT2D eigenvalue weighted by Crippen LogP contribution is -2.39. The molecule has 0 spiro atoms. The Balaban J connectivity index is 2.25. The molecule has 6 nitrogen and oxygen atoms in total. The van der Waals surface area contributed by atoms with Crippen molar-refractivity contribution in [3.63, 3.8) is 0 Å². The van der Waals surface area contributed by atoms with E-state index in [-0.39, 0.29) is 0 Å². The summed E-state index contributed by atoms with van der Waals surface area (Å²) in [7, 11) is 1.67. The van der Waals surface area contributed by atoms with Gasteiger partial charge in [-0.05, 0) is 13.0 Å². The van der Waals surface area contributed by atoms with Gasteiger partial charge in [-0.2, -0.15) is 5.10 Å². The standard InChI is InChI=1S/C11H21N5O/c1-3-12-11(14-7-10-17-2)13-6-9-16-8-4-5-15-16/h4-5,8H,3,6-7,9-10H2,1-2H3,(H2,12,13,14). The van der Waals surface area contributed by atoms with E-state index in [1.54, 1.807) is 13.3 Å². The van der Waals surface area contributed by atoms with Crippen molar-refractivity contribution in [3.8, 4) is 0 Å². The highest BCUT2D eigenvalue weighted by Crippen LogP contribution is 1.83. The molecule has 1 aromatic rings. The summed E-state index contributed by atoms with van der Waals surface area (Å²) in [6.07, 6.45) is 3.72. The first-order valence-electron chi connectivity index (χ1n) is 5.85. The summed E-state index contributed by atoms with van der Waals surface area (Å²) in [4.78, 5) is 4.36. The number of guanidine groups is 1. The van der Waals surface area contributed by atoms with Gasteiger partial charge in [-0.1, -0.05) is 0 Å². The molecule has 0 bridgehead atoms. The van der Waals surface area contributed by atoms with Gasteiger partial charge in [-0.3, -0.25) is 9.67 Å². The van der Waals surface area contributed by atoms with Gasteiger partial charge in [0.2, 0.25) is 0 Å². The van der Waals surface area contributed by atoms with Crippen molar-refractivity contribution in [2.45, 2.75) is 13.5 Å². The number of aromatic nitrogens is 2. The molecular formula is C11H21N5O. The zero-order valence-electron chi connectivity index (χ0n) is 10.5. The average molecular weight is 239 g/mol. The van der Waals surface area contributed by atoms with E-state index in [1.807, 2.05) is 23.9 Å². The summed E-state index contributed by atoms with van der Waals surface area (Å²) < 4.78 is 6.84. The van der Waals surface area contributed by atoms with Crippen molar-refractivity contribution in [2.24, 2.45) is 4.99 Å². The highest BCUT2D eigenvalue weighted by molar-refractivity contribution is 5.79. The number of hydrogen-bond donors (Lipinski definition) is 2. The third kappa shape index (κ3) is 5.91. The van der Waals surface area contributed by atoms with Gasteiger partial charge in [0.05, 0.1) is 19.7 Å². The van der Waals surface area contributed by atoms with Crippen molar-refractivity contribution >= 4 is 5.96 Å². The van der Waals surface area contributed by atoms with Crippen molar-refractivity contribution < 1.29 is 4.74 Å². The fourth-order valence-electron chi connectivity index (χ4n) is 1.31. The fraction of sp³-hybridized carbons (Fsp3) is 0.636. The lowest BCUT2D eigenvalue weighted by atomic mass is 10.6. The summed E-state index contributed by atoms with van der Waals surface area (Å²) in [6.45, 7) is 5.80. The van der Waals surface area contributed by atoms with Gasteiger partial charge in [-0.25, -0.2) is 0 Å². The Kier molecular flexibility index (Phi) is 6.81. The van der Waals surface area contributed by atoms with Crippen LogP contribution in [0.15, 0.2) is 23.5 Å². The van der Waals surface area contributed by atoms with Gasteiger partial charge in [0.25, 0.3) is 0 Å². The van der Waals surface area contributed by atoms with Gasteiger partial charge in [0.15, 0.2) is 5.96 Å². The third-order valence-corrected chi connectivity index (χ3v) is 2.10. The van der Waals surface area contributed by atoms with Crippen LogP contribution in [0.25, 0.3) is 0 Å². The second-order valence-corrected chi connectivity index (χ2v) is 3.45. The zero-order chi connectivity index (χ0) is 12.3. The van der Waals surface area contributed by atoms with Crippen molar-refractivity contribution in [1.82, 2.24) is 20.4 Å². The third-order valence-electron chi connectivity index (χ3n) is 2.10. The Hall–Kier alpha value is -1.56. The Morgan fingerprint density at radius 3 is 3.00 bits per heavy atom. The molecular weight excluding hydrogens is 218 g/mol. The lowest BCUT2D eigenvalue weighted by Gasteiger charge is -2.11. The van der Waals surface area contributed by atoms with Gasteiger partial charge in [0.1, 0.15) is 0 Å². The van der Waals surface area contributed by atoms with Crippen LogP contribution in [-0.4, -0.2) is 49.1 Å². The molecule has 0 aromatic carbocycles. The maximum atomic E-state index is 4.96. The quantitative estimate of drug-likeness (QED) is 0.402. The van der Waals surface area contributed by atoms with Crippen LogP contribution in [0.5, 0.6) is 0 Å². The Morgan fingerprint density at radius 1 is 1.47 bits per heavy atom. The van der Waals surface area contributed by atoms with Crippen LogP contribution in [0.2, 0.25) is 0 Å². The van der Waals surface area contributed by atoms with E-state index >= 15 is 0 Å². The van der Waals surface area contributed by atoms with Crippen LogP contribution in [0.1, 0.15) is 6.92 Å². The maximum Gasteiger partial charge on any atom is 0.191 e. The van der Waals surface area contributed by atoms with E-state index in [0.29, 0.717) is 13.2 Å². The number of methoxy groups -OCH3 is 1. The number of rotatable bonds is 7. The highest BCUT2D eigenvalue weighted by atomic mass is 16.5. The van der Waals surface area contributed by atoms with Crippen molar-refractivity contribution in [2.75, 3.05) is 33.4 Å². The molecule has 2 N–H and O–H groups in total. The molecule has 0 radical (unpaired) electrons. The first-order valence-corrected chi connectivity index (χ1v) is 5.85. The molecule has 1 aromatic heterocycles. The van der Waals surface area contributed by atoms with Crippen molar-refractivity contribution in [3.05, 3.63) is 18.5 Å². The normalized spacial score (nSPS) is 11.5. The molecule has 0 aliphatic rings. The smallest absolute Gasteiger partial charge is 0.191 e. The fourth-order valence-corrected chi connectivity index (χ4v) is 1.31. The predicted molar refractivity (Wildman–Crippen MR) is 68.1 cm³/mol. The van der Waals surface area contributed by atoms with E-state index in [0.717, 1.165) is 25.6 Å². The molecule has 0 atom stereocenters. The first-order chi connectivity index (χ1) is 8.36.